The third-order valence-corrected chi connectivity index (χ3v) is 8.52. The fourth-order valence-electron chi connectivity index (χ4n) is 5.88. The number of aliphatic imine (C=N–C) groups is 1. The highest BCUT2D eigenvalue weighted by Gasteiger charge is 2.25. The van der Waals surface area contributed by atoms with E-state index in [-0.39, 0.29) is 25.4 Å². The molecule has 0 atom stereocenters. The molecule has 8 heteroatoms. The van der Waals surface area contributed by atoms with Crippen molar-refractivity contribution in [2.75, 3.05) is 32.7 Å². The van der Waals surface area contributed by atoms with E-state index in [1.54, 1.807) is 31.3 Å². The lowest BCUT2D eigenvalue weighted by molar-refractivity contribution is -0.123. The Hall–Kier alpha value is -3.81. The van der Waals surface area contributed by atoms with E-state index >= 15 is 0 Å². The number of benzene rings is 2. The van der Waals surface area contributed by atoms with Crippen molar-refractivity contribution in [1.82, 2.24) is 5.32 Å². The maximum atomic E-state index is 12.7. The van der Waals surface area contributed by atoms with Gasteiger partial charge >= 0.3 is 6.09 Å². The second kappa shape index (κ2) is 21.1. The van der Waals surface area contributed by atoms with Gasteiger partial charge in [-0.2, -0.15) is 0 Å². The summed E-state index contributed by atoms with van der Waals surface area (Å²) in [6.07, 6.45) is 15.5. The summed E-state index contributed by atoms with van der Waals surface area (Å²) in [6.45, 7) is 8.37. The number of alkyl carbamates (subject to hydrolysis) is 1. The summed E-state index contributed by atoms with van der Waals surface area (Å²) < 4.78 is 9.73. The van der Waals surface area contributed by atoms with Crippen LogP contribution in [0.15, 0.2) is 53.7 Å². The predicted molar refractivity (Wildman–Crippen MR) is 194 cm³/mol. The number of carbonyl (C=O) groups is 2. The summed E-state index contributed by atoms with van der Waals surface area (Å²) in [5.74, 6) is 2.19. The second-order valence-electron chi connectivity index (χ2n) is 12.3. The Balaban J connectivity index is 0.000000408. The molecule has 2 aliphatic rings. The number of nitrogens with zero attached hydrogens (tertiary/aromatic N) is 2. The molecule has 2 amide bonds. The molecular formula is C38H60N4O4. The summed E-state index contributed by atoms with van der Waals surface area (Å²) in [7, 11) is 5.13. The van der Waals surface area contributed by atoms with Crippen molar-refractivity contribution >= 4 is 29.5 Å². The number of nitrogens with one attached hydrogen (secondary N) is 1. The van der Waals surface area contributed by atoms with E-state index in [0.717, 1.165) is 54.2 Å². The van der Waals surface area contributed by atoms with Gasteiger partial charge in [-0.25, -0.2) is 4.79 Å². The van der Waals surface area contributed by atoms with E-state index in [1.807, 2.05) is 45.2 Å². The Labute approximate surface area is 279 Å². The molecule has 0 spiro atoms. The van der Waals surface area contributed by atoms with Crippen molar-refractivity contribution < 1.29 is 20.5 Å². The Bertz CT molecular complexity index is 1270. The lowest BCUT2D eigenvalue weighted by Crippen LogP contribution is -2.33. The molecule has 2 aliphatic carbocycles. The van der Waals surface area contributed by atoms with Gasteiger partial charge in [0.15, 0.2) is 0 Å². The summed E-state index contributed by atoms with van der Waals surface area (Å²) in [6, 6.07) is 14.8. The standard InChI is InChI=1S/C20H29N3O.C14H20O.C4H9NO2.H2/c1-15(2)22-14-18(13-21)17-10-7-11-19(12-17)23(3)20(24)16-8-5-4-6-9-16;1-11-10-13(8-9-14(11)15-2)12-6-4-3-5-7-12;1-3-7-4(6)5-2;/h7,10-16H,4-6,8-9,21H2,1-3H3;8-10,12H,3-7H2,1-2H3;3H2,1-2H3,(H,5,6);1H/b18-13+,22-14?;;;. The lowest BCUT2D eigenvalue weighted by atomic mass is 9.83. The van der Waals surface area contributed by atoms with Crippen molar-refractivity contribution in [3.05, 3.63) is 65.4 Å². The summed E-state index contributed by atoms with van der Waals surface area (Å²) in [5.41, 5.74) is 11.3. The Morgan fingerprint density at radius 1 is 1.04 bits per heavy atom. The topological polar surface area (TPSA) is 106 Å². The summed E-state index contributed by atoms with van der Waals surface area (Å²) in [5, 5.41) is 2.30. The van der Waals surface area contributed by atoms with Crippen LogP contribution < -0.4 is 20.7 Å². The van der Waals surface area contributed by atoms with Gasteiger partial charge in [-0.3, -0.25) is 9.79 Å². The number of carbonyl (C=O) groups excluding carboxylic acids is 2. The van der Waals surface area contributed by atoms with Crippen molar-refractivity contribution in [1.29, 1.82) is 0 Å². The van der Waals surface area contributed by atoms with Crippen LogP contribution in [0.4, 0.5) is 10.5 Å². The molecule has 256 valence electrons. The molecule has 0 aromatic heterocycles. The number of methoxy groups -OCH3 is 1. The SMILES string of the molecule is CC(C)N=C/C(=C\N)c1cccc(N(C)C(=O)C2CCCCC2)c1.CCOC(=O)NC.COc1ccc(C2CCCCC2)cc1C.[HH]. The van der Waals surface area contributed by atoms with E-state index in [0.29, 0.717) is 6.61 Å². The molecule has 0 heterocycles. The third-order valence-electron chi connectivity index (χ3n) is 8.52. The van der Waals surface area contributed by atoms with Gasteiger partial charge in [0.25, 0.3) is 0 Å². The molecule has 8 nitrogen and oxygen atoms in total. The summed E-state index contributed by atoms with van der Waals surface area (Å²) >= 11 is 0. The summed E-state index contributed by atoms with van der Waals surface area (Å²) in [4.78, 5) is 29.0. The molecular weight excluding hydrogens is 576 g/mol. The first-order valence-corrected chi connectivity index (χ1v) is 17.0. The van der Waals surface area contributed by atoms with Crippen molar-refractivity contribution in [3.63, 3.8) is 0 Å². The van der Waals surface area contributed by atoms with Crippen LogP contribution in [0.2, 0.25) is 0 Å². The zero-order chi connectivity index (χ0) is 33.9. The number of ether oxygens (including phenoxy) is 2. The van der Waals surface area contributed by atoms with Crippen LogP contribution in [-0.4, -0.2) is 52.1 Å². The number of aryl methyl sites for hydroxylation is 1. The molecule has 2 aromatic carbocycles. The van der Waals surface area contributed by atoms with Gasteiger partial charge < -0.3 is 25.4 Å². The predicted octanol–water partition coefficient (Wildman–Crippen LogP) is 8.67. The quantitative estimate of drug-likeness (QED) is 0.282. The first-order valence-electron chi connectivity index (χ1n) is 17.0. The molecule has 4 rings (SSSR count). The van der Waals surface area contributed by atoms with Crippen LogP contribution in [-0.2, 0) is 9.53 Å². The molecule has 46 heavy (non-hydrogen) atoms. The fraction of sp³-hybridized carbons (Fsp3) is 0.553. The van der Waals surface area contributed by atoms with Crippen LogP contribution in [0.5, 0.6) is 5.75 Å². The monoisotopic (exact) mass is 636 g/mol. The first kappa shape index (κ1) is 38.4. The Morgan fingerprint density at radius 2 is 1.70 bits per heavy atom. The number of hydrogen-bond donors (Lipinski definition) is 2. The number of hydrogen-bond acceptors (Lipinski definition) is 6. The minimum Gasteiger partial charge on any atom is -0.496 e. The fourth-order valence-corrected chi connectivity index (χ4v) is 5.88. The Morgan fingerprint density at radius 3 is 2.22 bits per heavy atom. The number of rotatable bonds is 8. The molecule has 0 radical (unpaired) electrons. The van der Waals surface area contributed by atoms with E-state index < -0.39 is 0 Å². The third kappa shape index (κ3) is 12.9. The normalized spacial score (nSPS) is 15.7. The van der Waals surface area contributed by atoms with Gasteiger partial charge in [0, 0.05) is 51.2 Å². The van der Waals surface area contributed by atoms with Crippen molar-refractivity contribution in [3.8, 4) is 5.75 Å². The zero-order valence-corrected chi connectivity index (χ0v) is 29.3. The largest absolute Gasteiger partial charge is 0.496 e. The highest BCUT2D eigenvalue weighted by molar-refractivity contribution is 6.10. The van der Waals surface area contributed by atoms with Gasteiger partial charge in [0.1, 0.15) is 5.75 Å². The van der Waals surface area contributed by atoms with Crippen LogP contribution in [0.1, 0.15) is 109 Å². The van der Waals surface area contributed by atoms with Gasteiger partial charge in [0.2, 0.25) is 5.91 Å². The number of nitrogens with two attached hydrogens (primary N) is 1. The molecule has 0 aliphatic heterocycles. The van der Waals surface area contributed by atoms with E-state index in [2.05, 4.69) is 40.2 Å². The van der Waals surface area contributed by atoms with Crippen molar-refractivity contribution in [2.45, 2.75) is 104 Å². The van der Waals surface area contributed by atoms with E-state index in [4.69, 9.17) is 10.5 Å². The highest BCUT2D eigenvalue weighted by atomic mass is 16.5. The maximum absolute atomic E-state index is 12.7. The van der Waals surface area contributed by atoms with Crippen molar-refractivity contribution in [2.24, 2.45) is 16.6 Å². The molecule has 2 fully saturated rings. The van der Waals surface area contributed by atoms with Crippen LogP contribution in [0, 0.1) is 12.8 Å². The number of amides is 2. The Kier molecular flexibility index (Phi) is 17.6. The number of anilines is 1. The van der Waals surface area contributed by atoms with Crippen LogP contribution >= 0.6 is 0 Å². The van der Waals surface area contributed by atoms with E-state index in [9.17, 15) is 9.59 Å². The molecule has 0 saturated heterocycles. The van der Waals surface area contributed by atoms with Crippen LogP contribution in [0.25, 0.3) is 5.57 Å². The minimum absolute atomic E-state index is 0. The van der Waals surface area contributed by atoms with Gasteiger partial charge in [-0.15, -0.1) is 0 Å². The molecule has 0 bridgehead atoms. The second-order valence-corrected chi connectivity index (χ2v) is 12.3. The minimum atomic E-state index is -0.373. The maximum Gasteiger partial charge on any atom is 0.406 e. The van der Waals surface area contributed by atoms with Gasteiger partial charge in [-0.05, 0) is 94.2 Å². The smallest absolute Gasteiger partial charge is 0.406 e. The molecule has 2 saturated carbocycles. The molecule has 3 N–H and O–H groups in total. The lowest BCUT2D eigenvalue weighted by Gasteiger charge is -2.26. The number of allylic oxidation sites excluding steroid dienone is 1. The highest BCUT2D eigenvalue weighted by Crippen LogP contribution is 2.34. The average Bonchev–Trinajstić information content (AvgIpc) is 3.09. The van der Waals surface area contributed by atoms with Crippen LogP contribution in [0.3, 0.4) is 0 Å². The van der Waals surface area contributed by atoms with E-state index in [1.165, 1.54) is 56.7 Å². The van der Waals surface area contributed by atoms with Gasteiger partial charge in [0.05, 0.1) is 13.7 Å². The zero-order valence-electron chi connectivity index (χ0n) is 29.3. The van der Waals surface area contributed by atoms with Gasteiger partial charge in [-0.1, -0.05) is 62.8 Å². The first-order chi connectivity index (χ1) is 22.1. The molecule has 2 aromatic rings. The average molecular weight is 637 g/mol. The molecule has 0 unspecified atom stereocenters.